The van der Waals surface area contributed by atoms with E-state index in [2.05, 4.69) is 22.7 Å². The Morgan fingerprint density at radius 2 is 1.65 bits per heavy atom. The van der Waals surface area contributed by atoms with Gasteiger partial charge in [0.15, 0.2) is 0 Å². The fourth-order valence-electron chi connectivity index (χ4n) is 1.93. The Hall–Kier alpha value is -3.75. The van der Waals surface area contributed by atoms with Crippen LogP contribution in [0.4, 0.5) is 15.8 Å². The normalized spacial score (nSPS) is 9.88. The number of hydrogen-bond donors (Lipinski definition) is 3. The Balaban J connectivity index is 1.80. The maximum atomic E-state index is 12.8. The van der Waals surface area contributed by atoms with Crippen molar-refractivity contribution in [2.45, 2.75) is 6.42 Å². The second-order valence-corrected chi connectivity index (χ2v) is 5.22. The third kappa shape index (κ3) is 5.41. The molecule has 2 rings (SSSR count). The smallest absolute Gasteiger partial charge is 0.269 e. The zero-order valence-corrected chi connectivity index (χ0v) is 13.5. The van der Waals surface area contributed by atoms with E-state index in [9.17, 15) is 24.1 Å². The van der Waals surface area contributed by atoms with Gasteiger partial charge in [0.05, 0.1) is 11.3 Å². The molecular weight excluding hydrogens is 343 g/mol. The molecule has 0 radical (unpaired) electrons. The number of carbonyl (C=O) groups excluding carboxylic acids is 2. The van der Waals surface area contributed by atoms with Crippen LogP contribution in [-0.4, -0.2) is 16.7 Å². The molecule has 0 bridgehead atoms. The molecule has 8 nitrogen and oxygen atoms in total. The average Bonchev–Trinajstić information content (AvgIpc) is 2.61. The highest BCUT2D eigenvalue weighted by atomic mass is 19.1. The summed E-state index contributed by atoms with van der Waals surface area (Å²) < 4.78 is 12.8. The van der Waals surface area contributed by atoms with Crippen LogP contribution in [0.2, 0.25) is 0 Å². The van der Waals surface area contributed by atoms with E-state index in [0.29, 0.717) is 5.69 Å². The minimum Gasteiger partial charge on any atom is -0.326 e. The number of nitro groups is 1. The summed E-state index contributed by atoms with van der Waals surface area (Å²) in [5, 5.41) is 13.1. The van der Waals surface area contributed by atoms with E-state index in [4.69, 9.17) is 0 Å². The molecule has 3 N–H and O–H groups in total. The van der Waals surface area contributed by atoms with E-state index in [1.165, 1.54) is 48.5 Å². The lowest BCUT2D eigenvalue weighted by Crippen LogP contribution is -2.37. The van der Waals surface area contributed by atoms with Crippen molar-refractivity contribution in [2.24, 2.45) is 0 Å². The molecule has 0 aliphatic carbocycles. The lowest BCUT2D eigenvalue weighted by molar-refractivity contribution is -0.384. The van der Waals surface area contributed by atoms with Gasteiger partial charge in [-0.2, -0.15) is 0 Å². The topological polar surface area (TPSA) is 113 Å². The number of halogens is 1. The average molecular weight is 358 g/mol. The van der Waals surface area contributed by atoms with Crippen LogP contribution in [0.25, 0.3) is 0 Å². The maximum Gasteiger partial charge on any atom is 0.269 e. The molecule has 0 unspecified atom stereocenters. The highest BCUT2D eigenvalue weighted by Gasteiger charge is 2.10. The van der Waals surface area contributed by atoms with Crippen molar-refractivity contribution in [3.8, 4) is 0 Å². The minimum atomic E-state index is -0.568. The van der Waals surface area contributed by atoms with Crippen LogP contribution in [0.15, 0.2) is 60.8 Å². The minimum absolute atomic E-state index is 0.127. The summed E-state index contributed by atoms with van der Waals surface area (Å²) in [6.45, 7) is 3.62. The van der Waals surface area contributed by atoms with Crippen LogP contribution in [0.1, 0.15) is 16.8 Å². The number of nitrogens with one attached hydrogen (secondary N) is 3. The molecule has 2 aromatic carbocycles. The largest absolute Gasteiger partial charge is 0.326 e. The first-order valence-corrected chi connectivity index (χ1v) is 7.39. The molecular formula is C17H15FN4O4. The molecule has 2 amide bonds. The number of carbonyl (C=O) groups is 2. The number of hydrazine groups is 1. The van der Waals surface area contributed by atoms with E-state index < -0.39 is 22.6 Å². The molecule has 9 heteroatoms. The zero-order valence-electron chi connectivity index (χ0n) is 13.5. The SMILES string of the molecule is C=C(CC(=O)Nc1ccc(F)cc1)NNC(=O)c1ccc([N+](=O)[O-])cc1. The Labute approximate surface area is 147 Å². The van der Waals surface area contributed by atoms with Gasteiger partial charge in [0.1, 0.15) is 5.82 Å². The Morgan fingerprint density at radius 3 is 2.23 bits per heavy atom. The quantitative estimate of drug-likeness (QED) is 0.520. The maximum absolute atomic E-state index is 12.8. The van der Waals surface area contributed by atoms with Gasteiger partial charge in [-0.15, -0.1) is 0 Å². The molecule has 134 valence electrons. The van der Waals surface area contributed by atoms with E-state index in [1.807, 2.05) is 0 Å². The molecule has 0 aliphatic heterocycles. The van der Waals surface area contributed by atoms with Gasteiger partial charge >= 0.3 is 0 Å². The summed E-state index contributed by atoms with van der Waals surface area (Å²) in [4.78, 5) is 33.8. The zero-order chi connectivity index (χ0) is 19.1. The summed E-state index contributed by atoms with van der Waals surface area (Å²) in [5.41, 5.74) is 5.56. The number of benzene rings is 2. The molecule has 26 heavy (non-hydrogen) atoms. The first-order chi connectivity index (χ1) is 12.3. The van der Waals surface area contributed by atoms with Crippen LogP contribution in [-0.2, 0) is 4.79 Å². The Morgan fingerprint density at radius 1 is 1.04 bits per heavy atom. The van der Waals surface area contributed by atoms with Crippen LogP contribution < -0.4 is 16.2 Å². The van der Waals surface area contributed by atoms with Gasteiger partial charge in [0, 0.05) is 29.1 Å². The first kappa shape index (κ1) is 18.6. The molecule has 2 aromatic rings. The van der Waals surface area contributed by atoms with Gasteiger partial charge in [-0.1, -0.05) is 6.58 Å². The molecule has 0 aromatic heterocycles. The number of hydrogen-bond acceptors (Lipinski definition) is 5. The number of nitrogens with zero attached hydrogens (tertiary/aromatic N) is 1. The number of anilines is 1. The third-order valence-corrected chi connectivity index (χ3v) is 3.20. The molecule has 0 heterocycles. The van der Waals surface area contributed by atoms with Gasteiger partial charge in [-0.25, -0.2) is 4.39 Å². The molecule has 0 atom stereocenters. The first-order valence-electron chi connectivity index (χ1n) is 7.39. The van der Waals surface area contributed by atoms with Crippen LogP contribution in [0.3, 0.4) is 0 Å². The molecule has 0 saturated heterocycles. The standard InChI is InChI=1S/C17H15FN4O4/c1-11(10-16(23)19-14-6-4-13(18)5-7-14)20-21-17(24)12-2-8-15(9-3-12)22(25)26/h2-9,20H,1,10H2,(H,19,23)(H,21,24). The van der Waals surface area contributed by atoms with Crippen molar-refractivity contribution in [1.82, 2.24) is 10.9 Å². The van der Waals surface area contributed by atoms with Crippen molar-refractivity contribution in [1.29, 1.82) is 0 Å². The van der Waals surface area contributed by atoms with Crippen molar-refractivity contribution in [3.05, 3.63) is 82.3 Å². The second-order valence-electron chi connectivity index (χ2n) is 5.22. The summed E-state index contributed by atoms with van der Waals surface area (Å²) in [6, 6.07) is 10.3. The van der Waals surface area contributed by atoms with Crippen LogP contribution in [0, 0.1) is 15.9 Å². The second kappa shape index (κ2) is 8.38. The van der Waals surface area contributed by atoms with Gasteiger partial charge in [0.25, 0.3) is 11.6 Å². The van der Waals surface area contributed by atoms with Crippen molar-refractivity contribution < 1.29 is 18.9 Å². The molecule has 0 spiro atoms. The molecule has 0 aliphatic rings. The van der Waals surface area contributed by atoms with E-state index in [1.54, 1.807) is 0 Å². The summed E-state index contributed by atoms with van der Waals surface area (Å²) >= 11 is 0. The number of amides is 2. The number of non-ortho nitro benzene ring substituents is 1. The summed E-state index contributed by atoms with van der Waals surface area (Å²) in [7, 11) is 0. The third-order valence-electron chi connectivity index (χ3n) is 3.20. The van der Waals surface area contributed by atoms with Gasteiger partial charge < -0.3 is 10.7 Å². The highest BCUT2D eigenvalue weighted by Crippen LogP contribution is 2.12. The van der Waals surface area contributed by atoms with Crippen LogP contribution in [0.5, 0.6) is 0 Å². The fourth-order valence-corrected chi connectivity index (χ4v) is 1.93. The van der Waals surface area contributed by atoms with Crippen LogP contribution >= 0.6 is 0 Å². The Kier molecular flexibility index (Phi) is 5.99. The van der Waals surface area contributed by atoms with E-state index in [0.717, 1.165) is 0 Å². The van der Waals surface area contributed by atoms with Gasteiger partial charge in [0.2, 0.25) is 5.91 Å². The molecule has 0 fully saturated rings. The van der Waals surface area contributed by atoms with Crippen molar-refractivity contribution in [3.63, 3.8) is 0 Å². The molecule has 0 saturated carbocycles. The predicted molar refractivity (Wildman–Crippen MR) is 92.5 cm³/mol. The van der Waals surface area contributed by atoms with Crippen molar-refractivity contribution in [2.75, 3.05) is 5.32 Å². The number of nitro benzene ring substituents is 1. The lowest BCUT2D eigenvalue weighted by atomic mass is 10.2. The van der Waals surface area contributed by atoms with Gasteiger partial charge in [-0.3, -0.25) is 25.1 Å². The summed E-state index contributed by atoms with van der Waals surface area (Å²) in [5.74, 6) is -1.36. The predicted octanol–water partition coefficient (Wildman–Crippen LogP) is 2.51. The Bertz CT molecular complexity index is 835. The van der Waals surface area contributed by atoms with Crippen molar-refractivity contribution >= 4 is 23.2 Å². The monoisotopic (exact) mass is 358 g/mol. The lowest BCUT2D eigenvalue weighted by Gasteiger charge is -2.11. The summed E-state index contributed by atoms with van der Waals surface area (Å²) in [6.07, 6.45) is -0.127. The van der Waals surface area contributed by atoms with E-state index in [-0.39, 0.29) is 23.4 Å². The fraction of sp³-hybridized carbons (Fsp3) is 0.0588. The van der Waals surface area contributed by atoms with E-state index >= 15 is 0 Å². The highest BCUT2D eigenvalue weighted by molar-refractivity contribution is 5.94. The van der Waals surface area contributed by atoms with Gasteiger partial charge in [-0.05, 0) is 36.4 Å². The number of rotatable bonds is 7.